The number of Topliss-reactive ketones (excluding diaryl/α,β-unsaturated/α-hetero) is 1. The molecule has 1 amide bonds. The minimum absolute atomic E-state index is 0.00496. The lowest BCUT2D eigenvalue weighted by molar-refractivity contribution is -0.141. The van der Waals surface area contributed by atoms with Crippen LogP contribution in [-0.4, -0.2) is 30.8 Å². The third-order valence-corrected chi connectivity index (χ3v) is 3.87. The normalized spacial score (nSPS) is 10.9. The van der Waals surface area contributed by atoms with Gasteiger partial charge in [-0.2, -0.15) is 0 Å². The van der Waals surface area contributed by atoms with Crippen LogP contribution in [0.3, 0.4) is 0 Å². The maximum absolute atomic E-state index is 12.1. The molecule has 2 aromatic rings. The summed E-state index contributed by atoms with van der Waals surface area (Å²) in [6.07, 6.45) is 0. The van der Waals surface area contributed by atoms with Gasteiger partial charge in [-0.1, -0.05) is 63.2 Å². The number of rotatable bonds is 6. The van der Waals surface area contributed by atoms with Gasteiger partial charge in [-0.05, 0) is 23.1 Å². The van der Waals surface area contributed by atoms with Gasteiger partial charge >= 0.3 is 5.97 Å². The summed E-state index contributed by atoms with van der Waals surface area (Å²) in [4.78, 5) is 35.7. The molecule has 5 heteroatoms. The molecule has 0 unspecified atom stereocenters. The predicted octanol–water partition coefficient (Wildman–Crippen LogP) is 3.14. The van der Waals surface area contributed by atoms with Crippen LogP contribution in [-0.2, 0) is 14.9 Å². The Morgan fingerprint density at radius 2 is 1.50 bits per heavy atom. The summed E-state index contributed by atoms with van der Waals surface area (Å²) >= 11 is 0. The van der Waals surface area contributed by atoms with Crippen LogP contribution in [0, 0.1) is 0 Å². The molecule has 2 rings (SSSR count). The van der Waals surface area contributed by atoms with E-state index in [2.05, 4.69) is 26.1 Å². The van der Waals surface area contributed by atoms with Gasteiger partial charge in [-0.3, -0.25) is 14.4 Å². The number of hydrogen-bond donors (Lipinski definition) is 1. The fourth-order valence-electron chi connectivity index (χ4n) is 2.28. The van der Waals surface area contributed by atoms with Crippen molar-refractivity contribution in [2.75, 3.05) is 13.2 Å². The fraction of sp³-hybridized carbons (Fsp3) is 0.286. The van der Waals surface area contributed by atoms with Crippen molar-refractivity contribution in [1.29, 1.82) is 0 Å². The maximum atomic E-state index is 12.1. The molecule has 0 spiro atoms. The van der Waals surface area contributed by atoms with E-state index in [0.717, 1.165) is 5.56 Å². The summed E-state index contributed by atoms with van der Waals surface area (Å²) in [6.45, 7) is 5.64. The highest BCUT2D eigenvalue weighted by Crippen LogP contribution is 2.22. The molecule has 0 fully saturated rings. The zero-order valence-corrected chi connectivity index (χ0v) is 15.2. The summed E-state index contributed by atoms with van der Waals surface area (Å²) in [5, 5.41) is 2.46. The Kier molecular flexibility index (Phi) is 6.28. The first-order chi connectivity index (χ1) is 12.3. The molecule has 0 aromatic heterocycles. The SMILES string of the molecule is CC(C)(C)c1ccc(C(=O)COC(=O)CNC(=O)c2ccccc2)cc1. The van der Waals surface area contributed by atoms with E-state index in [9.17, 15) is 14.4 Å². The molecule has 0 aliphatic rings. The third kappa shape index (κ3) is 5.55. The lowest BCUT2D eigenvalue weighted by atomic mass is 9.86. The molecule has 0 heterocycles. The van der Waals surface area contributed by atoms with Crippen LogP contribution in [0.5, 0.6) is 0 Å². The van der Waals surface area contributed by atoms with E-state index in [0.29, 0.717) is 11.1 Å². The molecule has 136 valence electrons. The highest BCUT2D eigenvalue weighted by atomic mass is 16.5. The van der Waals surface area contributed by atoms with Crippen LogP contribution in [0.1, 0.15) is 47.1 Å². The largest absolute Gasteiger partial charge is 0.456 e. The Labute approximate surface area is 153 Å². The zero-order valence-electron chi connectivity index (χ0n) is 15.2. The molecule has 5 nitrogen and oxygen atoms in total. The lowest BCUT2D eigenvalue weighted by Crippen LogP contribution is -2.31. The number of amides is 1. The minimum atomic E-state index is -0.658. The van der Waals surface area contributed by atoms with Crippen molar-refractivity contribution in [3.63, 3.8) is 0 Å². The molecular formula is C21H23NO4. The zero-order chi connectivity index (χ0) is 19.2. The van der Waals surface area contributed by atoms with E-state index in [1.54, 1.807) is 42.5 Å². The highest BCUT2D eigenvalue weighted by molar-refractivity contribution is 5.98. The summed E-state index contributed by atoms with van der Waals surface area (Å²) in [6, 6.07) is 15.8. The Balaban J connectivity index is 1.80. The van der Waals surface area contributed by atoms with E-state index in [1.807, 2.05) is 12.1 Å². The number of nitrogens with one attached hydrogen (secondary N) is 1. The highest BCUT2D eigenvalue weighted by Gasteiger charge is 2.15. The topological polar surface area (TPSA) is 72.5 Å². The van der Waals surface area contributed by atoms with Gasteiger partial charge in [-0.25, -0.2) is 0 Å². The molecule has 0 bridgehead atoms. The predicted molar refractivity (Wildman–Crippen MR) is 99.2 cm³/mol. The van der Waals surface area contributed by atoms with Gasteiger partial charge in [0.05, 0.1) is 0 Å². The number of esters is 1. The van der Waals surface area contributed by atoms with Crippen LogP contribution < -0.4 is 5.32 Å². The molecule has 0 atom stereocenters. The standard InChI is InChI=1S/C21H23NO4/c1-21(2,3)17-11-9-15(10-12-17)18(23)14-26-19(24)13-22-20(25)16-7-5-4-6-8-16/h4-12H,13-14H2,1-3H3,(H,22,25). The minimum Gasteiger partial charge on any atom is -0.456 e. The molecular weight excluding hydrogens is 330 g/mol. The quantitative estimate of drug-likeness (QED) is 0.640. The van der Waals surface area contributed by atoms with Crippen molar-refractivity contribution in [3.05, 3.63) is 71.3 Å². The summed E-state index contributed by atoms with van der Waals surface area (Å²) in [7, 11) is 0. The lowest BCUT2D eigenvalue weighted by Gasteiger charge is -2.18. The number of hydrogen-bond acceptors (Lipinski definition) is 4. The molecule has 0 saturated carbocycles. The number of benzene rings is 2. The second-order valence-corrected chi connectivity index (χ2v) is 6.96. The Hall–Kier alpha value is -2.95. The Morgan fingerprint density at radius 1 is 0.885 bits per heavy atom. The van der Waals surface area contributed by atoms with Crippen molar-refractivity contribution >= 4 is 17.7 Å². The average molecular weight is 353 g/mol. The maximum Gasteiger partial charge on any atom is 0.325 e. The van der Waals surface area contributed by atoms with Crippen LogP contribution in [0.15, 0.2) is 54.6 Å². The van der Waals surface area contributed by atoms with Crippen LogP contribution in [0.25, 0.3) is 0 Å². The molecule has 0 aliphatic carbocycles. The van der Waals surface area contributed by atoms with Gasteiger partial charge in [0, 0.05) is 11.1 Å². The van der Waals surface area contributed by atoms with Crippen molar-refractivity contribution in [3.8, 4) is 0 Å². The molecule has 0 radical (unpaired) electrons. The number of ether oxygens (including phenoxy) is 1. The van der Waals surface area contributed by atoms with E-state index < -0.39 is 5.97 Å². The number of carbonyl (C=O) groups is 3. The van der Waals surface area contributed by atoms with Crippen molar-refractivity contribution < 1.29 is 19.1 Å². The smallest absolute Gasteiger partial charge is 0.325 e. The Morgan fingerprint density at radius 3 is 2.08 bits per heavy atom. The monoisotopic (exact) mass is 353 g/mol. The summed E-state index contributed by atoms with van der Waals surface area (Å²) in [5.41, 5.74) is 2.06. The first-order valence-electron chi connectivity index (χ1n) is 8.40. The van der Waals surface area contributed by atoms with Crippen LogP contribution >= 0.6 is 0 Å². The van der Waals surface area contributed by atoms with Crippen LogP contribution in [0.4, 0.5) is 0 Å². The van der Waals surface area contributed by atoms with Crippen molar-refractivity contribution in [1.82, 2.24) is 5.32 Å². The first kappa shape index (κ1) is 19.4. The number of carbonyl (C=O) groups excluding carboxylic acids is 3. The van der Waals surface area contributed by atoms with Crippen molar-refractivity contribution in [2.45, 2.75) is 26.2 Å². The van der Waals surface area contributed by atoms with Gasteiger partial charge in [-0.15, -0.1) is 0 Å². The molecule has 0 aliphatic heterocycles. The van der Waals surface area contributed by atoms with E-state index in [4.69, 9.17) is 4.74 Å². The molecule has 1 N–H and O–H groups in total. The first-order valence-corrected chi connectivity index (χ1v) is 8.40. The second kappa shape index (κ2) is 8.43. The second-order valence-electron chi connectivity index (χ2n) is 6.96. The van der Waals surface area contributed by atoms with E-state index in [-0.39, 0.29) is 30.3 Å². The fourth-order valence-corrected chi connectivity index (χ4v) is 2.28. The molecule has 26 heavy (non-hydrogen) atoms. The van der Waals surface area contributed by atoms with Gasteiger partial charge in [0.2, 0.25) is 0 Å². The third-order valence-electron chi connectivity index (χ3n) is 3.87. The van der Waals surface area contributed by atoms with Crippen LogP contribution in [0.2, 0.25) is 0 Å². The van der Waals surface area contributed by atoms with Gasteiger partial charge in [0.1, 0.15) is 6.54 Å². The molecule has 0 saturated heterocycles. The number of ketones is 1. The van der Waals surface area contributed by atoms with E-state index >= 15 is 0 Å². The van der Waals surface area contributed by atoms with E-state index in [1.165, 1.54) is 0 Å². The Bertz CT molecular complexity index is 774. The summed E-state index contributed by atoms with van der Waals surface area (Å²) < 4.78 is 4.94. The van der Waals surface area contributed by atoms with Gasteiger partial charge in [0.15, 0.2) is 12.4 Å². The average Bonchev–Trinajstić information content (AvgIpc) is 2.64. The van der Waals surface area contributed by atoms with Crippen molar-refractivity contribution in [2.24, 2.45) is 0 Å². The molecule has 2 aromatic carbocycles. The van der Waals surface area contributed by atoms with Gasteiger partial charge < -0.3 is 10.1 Å². The van der Waals surface area contributed by atoms with Gasteiger partial charge in [0.25, 0.3) is 5.91 Å². The summed E-state index contributed by atoms with van der Waals surface area (Å²) in [5.74, 6) is -1.31.